The summed E-state index contributed by atoms with van der Waals surface area (Å²) >= 11 is 6.27. The van der Waals surface area contributed by atoms with Crippen molar-refractivity contribution in [1.29, 1.82) is 0 Å². The molecule has 1 atom stereocenters. The summed E-state index contributed by atoms with van der Waals surface area (Å²) in [5, 5.41) is 4.81. The zero-order valence-corrected chi connectivity index (χ0v) is 17.7. The zero-order valence-electron chi connectivity index (χ0n) is 17.0. The van der Waals surface area contributed by atoms with Crippen LogP contribution in [-0.4, -0.2) is 29.2 Å². The minimum Gasteiger partial charge on any atom is -0.390 e. The highest BCUT2D eigenvalue weighted by Gasteiger charge is 2.29. The molecule has 29 heavy (non-hydrogen) atoms. The summed E-state index contributed by atoms with van der Waals surface area (Å²) in [6, 6.07) is 13.8. The molecule has 0 aromatic heterocycles. The Kier molecular flexibility index (Phi) is 6.58. The number of nitrogens with zero attached hydrogens (tertiary/aromatic N) is 2. The minimum atomic E-state index is -0.313. The molecule has 1 amide bonds. The van der Waals surface area contributed by atoms with Crippen LogP contribution in [0.2, 0.25) is 5.02 Å². The predicted octanol–water partition coefficient (Wildman–Crippen LogP) is 5.44. The molecule has 0 spiro atoms. The maximum absolute atomic E-state index is 13.6. The van der Waals surface area contributed by atoms with E-state index in [2.05, 4.69) is 5.16 Å². The first-order valence-corrected chi connectivity index (χ1v) is 10.1. The van der Waals surface area contributed by atoms with Crippen LogP contribution in [0.4, 0.5) is 4.39 Å². The Morgan fingerprint density at radius 3 is 2.69 bits per heavy atom. The van der Waals surface area contributed by atoms with Crippen LogP contribution in [0.25, 0.3) is 0 Å². The van der Waals surface area contributed by atoms with Crippen LogP contribution in [0.5, 0.6) is 0 Å². The van der Waals surface area contributed by atoms with Crippen molar-refractivity contribution in [3.05, 3.63) is 70.5 Å². The lowest BCUT2D eigenvalue weighted by atomic mass is 9.91. The van der Waals surface area contributed by atoms with Gasteiger partial charge in [-0.15, -0.1) is 0 Å². The topological polar surface area (TPSA) is 41.9 Å². The predicted molar refractivity (Wildman–Crippen MR) is 113 cm³/mol. The van der Waals surface area contributed by atoms with E-state index in [0.717, 1.165) is 16.8 Å². The van der Waals surface area contributed by atoms with Gasteiger partial charge in [0.2, 0.25) is 5.91 Å². The molecule has 1 aliphatic heterocycles. The molecule has 0 unspecified atom stereocenters. The van der Waals surface area contributed by atoms with E-state index in [-0.39, 0.29) is 23.2 Å². The Balaban J connectivity index is 1.71. The minimum absolute atomic E-state index is 0.0107. The molecule has 0 bridgehead atoms. The second-order valence-electron chi connectivity index (χ2n) is 8.59. The van der Waals surface area contributed by atoms with Crippen molar-refractivity contribution in [2.45, 2.75) is 46.3 Å². The van der Waals surface area contributed by atoms with E-state index in [9.17, 15) is 9.18 Å². The number of amides is 1. The third kappa shape index (κ3) is 6.04. The van der Waals surface area contributed by atoms with Crippen molar-refractivity contribution in [1.82, 2.24) is 4.90 Å². The highest BCUT2D eigenvalue weighted by Crippen LogP contribution is 2.25. The molecule has 0 N–H and O–H groups in total. The van der Waals surface area contributed by atoms with Crippen molar-refractivity contribution in [3.8, 4) is 0 Å². The van der Waals surface area contributed by atoms with Gasteiger partial charge in [-0.05, 0) is 29.2 Å². The Morgan fingerprint density at radius 2 is 2.00 bits per heavy atom. The van der Waals surface area contributed by atoms with Crippen molar-refractivity contribution in [2.75, 3.05) is 6.54 Å². The molecule has 3 rings (SSSR count). The quantitative estimate of drug-likeness (QED) is 0.629. The molecule has 0 saturated heterocycles. The number of carbonyl (C=O) groups excluding carboxylic acids is 1. The van der Waals surface area contributed by atoms with Gasteiger partial charge in [0, 0.05) is 30.0 Å². The molecule has 2 aromatic carbocycles. The summed E-state index contributed by atoms with van der Waals surface area (Å²) < 4.78 is 13.6. The number of oxime groups is 1. The Morgan fingerprint density at radius 1 is 1.24 bits per heavy atom. The van der Waals surface area contributed by atoms with Crippen LogP contribution in [0.1, 0.15) is 44.7 Å². The maximum Gasteiger partial charge on any atom is 0.223 e. The van der Waals surface area contributed by atoms with Crippen LogP contribution in [-0.2, 0) is 16.2 Å². The van der Waals surface area contributed by atoms with Crippen LogP contribution in [0.3, 0.4) is 0 Å². The summed E-state index contributed by atoms with van der Waals surface area (Å²) in [5.41, 5.74) is 2.22. The molecule has 1 heterocycles. The van der Waals surface area contributed by atoms with Gasteiger partial charge in [-0.25, -0.2) is 4.39 Å². The van der Waals surface area contributed by atoms with E-state index in [0.29, 0.717) is 31.0 Å². The summed E-state index contributed by atoms with van der Waals surface area (Å²) in [6.07, 6.45) is 0.693. The lowest BCUT2D eigenvalue weighted by molar-refractivity contribution is -0.135. The monoisotopic (exact) mass is 416 g/mol. The van der Waals surface area contributed by atoms with E-state index in [1.165, 1.54) is 12.1 Å². The molecule has 1 aliphatic rings. The highest BCUT2D eigenvalue weighted by molar-refractivity contribution is 6.34. The Hall–Kier alpha value is -2.40. The third-order valence-electron chi connectivity index (χ3n) is 4.64. The van der Waals surface area contributed by atoms with Gasteiger partial charge >= 0.3 is 0 Å². The molecule has 0 radical (unpaired) electrons. The Labute approximate surface area is 176 Å². The van der Waals surface area contributed by atoms with E-state index >= 15 is 0 Å². The number of benzene rings is 2. The van der Waals surface area contributed by atoms with Gasteiger partial charge in [0.25, 0.3) is 0 Å². The van der Waals surface area contributed by atoms with E-state index in [4.69, 9.17) is 16.4 Å². The molecule has 0 fully saturated rings. The van der Waals surface area contributed by atoms with Crippen molar-refractivity contribution >= 4 is 23.2 Å². The zero-order chi connectivity index (χ0) is 21.0. The summed E-state index contributed by atoms with van der Waals surface area (Å²) in [4.78, 5) is 20.3. The second kappa shape index (κ2) is 8.95. The van der Waals surface area contributed by atoms with Gasteiger partial charge in [-0.3, -0.25) is 4.79 Å². The summed E-state index contributed by atoms with van der Waals surface area (Å²) in [6.45, 7) is 6.78. The van der Waals surface area contributed by atoms with E-state index in [1.54, 1.807) is 11.0 Å². The number of carbonyl (C=O) groups is 1. The van der Waals surface area contributed by atoms with E-state index < -0.39 is 0 Å². The van der Waals surface area contributed by atoms with Gasteiger partial charge in [-0.1, -0.05) is 67.9 Å². The van der Waals surface area contributed by atoms with Gasteiger partial charge < -0.3 is 9.74 Å². The number of hydrogen-bond acceptors (Lipinski definition) is 3. The third-order valence-corrected chi connectivity index (χ3v) is 4.97. The number of halogens is 2. The molecule has 154 valence electrons. The van der Waals surface area contributed by atoms with Crippen LogP contribution < -0.4 is 0 Å². The lowest BCUT2D eigenvalue weighted by Gasteiger charge is -2.28. The summed E-state index contributed by atoms with van der Waals surface area (Å²) in [7, 11) is 0. The van der Waals surface area contributed by atoms with Crippen molar-refractivity contribution < 1.29 is 14.0 Å². The largest absolute Gasteiger partial charge is 0.390 e. The SMILES string of the molecule is CC(C)(C)CC(=O)N(Cc1cccc(F)c1)C[C@@H]1CC(c2ccccc2Cl)=NO1. The molecule has 2 aromatic rings. The normalized spacial score (nSPS) is 16.3. The van der Waals surface area contributed by atoms with Crippen LogP contribution in [0.15, 0.2) is 53.7 Å². The fourth-order valence-electron chi connectivity index (χ4n) is 3.30. The molecular weight excluding hydrogens is 391 g/mol. The van der Waals surface area contributed by atoms with Crippen molar-refractivity contribution in [2.24, 2.45) is 10.6 Å². The first kappa shape index (κ1) is 21.3. The fourth-order valence-corrected chi connectivity index (χ4v) is 3.55. The van der Waals surface area contributed by atoms with Crippen LogP contribution >= 0.6 is 11.6 Å². The standard InChI is InChI=1S/C23H26ClFN2O2/c1-23(2,3)13-22(28)27(14-16-7-6-8-17(25)11-16)15-18-12-21(26-29-18)19-9-4-5-10-20(19)24/h4-11,18H,12-15H2,1-3H3/t18-/m0/s1. The highest BCUT2D eigenvalue weighted by atomic mass is 35.5. The molecule has 4 nitrogen and oxygen atoms in total. The second-order valence-corrected chi connectivity index (χ2v) is 9.00. The van der Waals surface area contributed by atoms with Gasteiger partial charge in [0.05, 0.1) is 12.3 Å². The average Bonchev–Trinajstić information content (AvgIpc) is 3.08. The first-order valence-electron chi connectivity index (χ1n) is 9.71. The number of hydrogen-bond donors (Lipinski definition) is 0. The lowest BCUT2D eigenvalue weighted by Crippen LogP contribution is -2.38. The molecule has 6 heteroatoms. The van der Waals surface area contributed by atoms with Gasteiger partial charge in [-0.2, -0.15) is 0 Å². The Bertz CT molecular complexity index is 908. The smallest absolute Gasteiger partial charge is 0.223 e. The average molecular weight is 417 g/mol. The number of rotatable bonds is 6. The first-order chi connectivity index (χ1) is 13.7. The summed E-state index contributed by atoms with van der Waals surface area (Å²) in [5.74, 6) is -0.302. The van der Waals surface area contributed by atoms with E-state index in [1.807, 2.05) is 51.1 Å². The van der Waals surface area contributed by atoms with Crippen LogP contribution in [0, 0.1) is 11.2 Å². The molecule has 0 aliphatic carbocycles. The fraction of sp³-hybridized carbons (Fsp3) is 0.391. The van der Waals surface area contributed by atoms with Gasteiger partial charge in [0.1, 0.15) is 5.82 Å². The molecular formula is C23H26ClFN2O2. The van der Waals surface area contributed by atoms with Crippen molar-refractivity contribution in [3.63, 3.8) is 0 Å². The van der Waals surface area contributed by atoms with Gasteiger partial charge in [0.15, 0.2) is 6.10 Å². The maximum atomic E-state index is 13.6. The molecule has 0 saturated carbocycles.